The molecule has 2 N–H and O–H groups in total. The van der Waals surface area contributed by atoms with E-state index in [0.29, 0.717) is 11.8 Å². The van der Waals surface area contributed by atoms with Crippen molar-refractivity contribution in [1.29, 1.82) is 0 Å². The first-order chi connectivity index (χ1) is 10.3. The van der Waals surface area contributed by atoms with Gasteiger partial charge in [0.05, 0.1) is 11.8 Å². The Morgan fingerprint density at radius 1 is 1.18 bits per heavy atom. The highest BCUT2D eigenvalue weighted by Crippen LogP contribution is 2.16. The molecule has 0 unspecified atom stereocenters. The third-order valence-corrected chi connectivity index (χ3v) is 2.28. The van der Waals surface area contributed by atoms with Gasteiger partial charge >= 0.3 is 0 Å². The Kier molecular flexibility index (Phi) is 6.43. The lowest BCUT2D eigenvalue weighted by Crippen LogP contribution is -1.94. The Bertz CT molecular complexity index is 747. The number of ketones is 1. The van der Waals surface area contributed by atoms with Crippen LogP contribution in [0.1, 0.15) is 15.9 Å². The normalized spacial score (nSPS) is 10.8. The SMILES string of the molecule is CS(=O)(=O)O.O=C(/C=C/c1cccnc1)c1ccccc1O. The van der Waals surface area contributed by atoms with Crippen LogP contribution in [0.15, 0.2) is 54.9 Å². The van der Waals surface area contributed by atoms with E-state index in [1.165, 1.54) is 12.1 Å². The van der Waals surface area contributed by atoms with E-state index in [0.717, 1.165) is 5.56 Å². The van der Waals surface area contributed by atoms with Gasteiger partial charge in [0.2, 0.25) is 0 Å². The zero-order valence-electron chi connectivity index (χ0n) is 11.7. The van der Waals surface area contributed by atoms with Crippen LogP contribution in [0.4, 0.5) is 0 Å². The van der Waals surface area contributed by atoms with Gasteiger partial charge in [-0.3, -0.25) is 14.3 Å². The van der Waals surface area contributed by atoms with E-state index in [-0.39, 0.29) is 11.5 Å². The minimum Gasteiger partial charge on any atom is -0.507 e. The fourth-order valence-corrected chi connectivity index (χ4v) is 1.42. The third kappa shape index (κ3) is 7.32. The summed E-state index contributed by atoms with van der Waals surface area (Å²) in [6.07, 6.45) is 7.14. The molecule has 0 aliphatic rings. The maximum absolute atomic E-state index is 11.8. The molecular formula is C15H15NO5S. The Hall–Kier alpha value is -2.51. The van der Waals surface area contributed by atoms with E-state index in [1.54, 1.807) is 42.7 Å². The van der Waals surface area contributed by atoms with Gasteiger partial charge in [-0.15, -0.1) is 0 Å². The van der Waals surface area contributed by atoms with Gasteiger partial charge in [-0.2, -0.15) is 8.42 Å². The maximum Gasteiger partial charge on any atom is 0.261 e. The fourth-order valence-electron chi connectivity index (χ4n) is 1.42. The van der Waals surface area contributed by atoms with Crippen LogP contribution in [0.3, 0.4) is 0 Å². The summed E-state index contributed by atoms with van der Waals surface area (Å²) in [6.45, 7) is 0. The molecule has 1 aromatic carbocycles. The highest BCUT2D eigenvalue weighted by atomic mass is 32.2. The molecule has 6 nitrogen and oxygen atoms in total. The van der Waals surface area contributed by atoms with Crippen LogP contribution in [0.25, 0.3) is 6.08 Å². The second-order valence-electron chi connectivity index (χ2n) is 4.23. The molecule has 0 aliphatic heterocycles. The summed E-state index contributed by atoms with van der Waals surface area (Å²) in [6, 6.07) is 10.1. The quantitative estimate of drug-likeness (QED) is 0.510. The first-order valence-electron chi connectivity index (χ1n) is 6.10. The lowest BCUT2D eigenvalue weighted by Gasteiger charge is -1.98. The maximum atomic E-state index is 11.8. The molecule has 1 aromatic heterocycles. The van der Waals surface area contributed by atoms with Crippen LogP contribution in [-0.2, 0) is 10.1 Å². The molecule has 0 fully saturated rings. The molecule has 2 rings (SSSR count). The van der Waals surface area contributed by atoms with Gasteiger partial charge in [0.1, 0.15) is 5.75 Å². The predicted molar refractivity (Wildman–Crippen MR) is 83.2 cm³/mol. The molecule has 2 aromatic rings. The number of phenols is 1. The molecule has 22 heavy (non-hydrogen) atoms. The number of benzene rings is 1. The second kappa shape index (κ2) is 8.06. The topological polar surface area (TPSA) is 105 Å². The first kappa shape index (κ1) is 17.5. The number of carbonyl (C=O) groups excluding carboxylic acids is 1. The Balaban J connectivity index is 0.000000422. The number of carbonyl (C=O) groups is 1. The number of pyridine rings is 1. The van der Waals surface area contributed by atoms with Crippen molar-refractivity contribution < 1.29 is 22.9 Å². The number of para-hydroxylation sites is 1. The summed E-state index contributed by atoms with van der Waals surface area (Å²) in [7, 11) is -3.67. The number of phenolic OH excluding ortho intramolecular Hbond substituents is 1. The number of rotatable bonds is 3. The van der Waals surface area contributed by atoms with Crippen LogP contribution in [0.5, 0.6) is 5.75 Å². The van der Waals surface area contributed by atoms with Crippen molar-refractivity contribution in [3.8, 4) is 5.75 Å². The van der Waals surface area contributed by atoms with Crippen molar-refractivity contribution in [1.82, 2.24) is 4.98 Å². The fraction of sp³-hybridized carbons (Fsp3) is 0.0667. The molecule has 116 valence electrons. The molecule has 0 amide bonds. The van der Waals surface area contributed by atoms with Gasteiger partial charge in [0.25, 0.3) is 10.1 Å². The Morgan fingerprint density at radius 2 is 1.82 bits per heavy atom. The van der Waals surface area contributed by atoms with Gasteiger partial charge in [-0.25, -0.2) is 0 Å². The van der Waals surface area contributed by atoms with E-state index in [2.05, 4.69) is 4.98 Å². The summed E-state index contributed by atoms with van der Waals surface area (Å²) in [5, 5.41) is 9.51. The van der Waals surface area contributed by atoms with Crippen LogP contribution >= 0.6 is 0 Å². The van der Waals surface area contributed by atoms with E-state index >= 15 is 0 Å². The van der Waals surface area contributed by atoms with Crippen molar-refractivity contribution in [2.45, 2.75) is 0 Å². The third-order valence-electron chi connectivity index (χ3n) is 2.28. The molecular weight excluding hydrogens is 306 g/mol. The number of aromatic hydroxyl groups is 1. The molecule has 0 radical (unpaired) electrons. The summed E-state index contributed by atoms with van der Waals surface area (Å²) in [5.74, 6) is -0.236. The number of allylic oxidation sites excluding steroid dienone is 1. The molecule has 7 heteroatoms. The van der Waals surface area contributed by atoms with Crippen molar-refractivity contribution in [2.24, 2.45) is 0 Å². The van der Waals surface area contributed by atoms with E-state index in [9.17, 15) is 18.3 Å². The minimum absolute atomic E-state index is 0.00617. The average Bonchev–Trinajstić information content (AvgIpc) is 2.45. The number of nitrogens with zero attached hydrogens (tertiary/aromatic N) is 1. The van der Waals surface area contributed by atoms with E-state index < -0.39 is 10.1 Å². The van der Waals surface area contributed by atoms with Gasteiger partial charge in [0.15, 0.2) is 5.78 Å². The lowest BCUT2D eigenvalue weighted by molar-refractivity contribution is 0.104. The summed E-state index contributed by atoms with van der Waals surface area (Å²) in [4.78, 5) is 15.7. The van der Waals surface area contributed by atoms with Crippen molar-refractivity contribution in [3.05, 3.63) is 66.0 Å². The highest BCUT2D eigenvalue weighted by molar-refractivity contribution is 7.85. The van der Waals surface area contributed by atoms with Gasteiger partial charge in [-0.1, -0.05) is 18.2 Å². The second-order valence-corrected chi connectivity index (χ2v) is 5.70. The van der Waals surface area contributed by atoms with Gasteiger partial charge in [0, 0.05) is 12.4 Å². The zero-order valence-corrected chi connectivity index (χ0v) is 12.6. The first-order valence-corrected chi connectivity index (χ1v) is 7.95. The molecule has 0 saturated heterocycles. The van der Waals surface area contributed by atoms with Crippen molar-refractivity contribution in [2.75, 3.05) is 6.26 Å². The number of hydrogen-bond acceptors (Lipinski definition) is 5. The smallest absolute Gasteiger partial charge is 0.261 e. The Morgan fingerprint density at radius 3 is 2.36 bits per heavy atom. The van der Waals surface area contributed by atoms with Gasteiger partial charge < -0.3 is 5.11 Å². The average molecular weight is 321 g/mol. The molecule has 0 bridgehead atoms. The minimum atomic E-state index is -3.67. The Labute approximate surface area is 128 Å². The zero-order chi connectivity index (χ0) is 16.6. The lowest BCUT2D eigenvalue weighted by atomic mass is 10.1. The monoisotopic (exact) mass is 321 g/mol. The molecule has 0 spiro atoms. The van der Waals surface area contributed by atoms with Crippen LogP contribution < -0.4 is 0 Å². The molecule has 0 saturated carbocycles. The summed E-state index contributed by atoms with van der Waals surface area (Å²) in [5.41, 5.74) is 1.14. The standard InChI is InChI=1S/C14H11NO2.CH4O3S/c16-13-6-2-1-5-12(13)14(17)8-7-11-4-3-9-15-10-11;1-5(2,3)4/h1-10,16H;1H3,(H,2,3,4)/b8-7+;. The molecule has 1 heterocycles. The molecule has 0 atom stereocenters. The van der Waals surface area contributed by atoms with E-state index in [4.69, 9.17) is 4.55 Å². The predicted octanol–water partition coefficient (Wildman–Crippen LogP) is 2.19. The summed E-state index contributed by atoms with van der Waals surface area (Å²) < 4.78 is 25.9. The van der Waals surface area contributed by atoms with E-state index in [1.807, 2.05) is 6.07 Å². The van der Waals surface area contributed by atoms with Crippen LogP contribution in [-0.4, -0.2) is 35.1 Å². The van der Waals surface area contributed by atoms with Crippen LogP contribution in [0.2, 0.25) is 0 Å². The number of hydrogen-bond donors (Lipinski definition) is 2. The molecule has 0 aliphatic carbocycles. The highest BCUT2D eigenvalue weighted by Gasteiger charge is 2.05. The largest absolute Gasteiger partial charge is 0.507 e. The van der Waals surface area contributed by atoms with Crippen molar-refractivity contribution in [3.63, 3.8) is 0 Å². The summed E-state index contributed by atoms with van der Waals surface area (Å²) >= 11 is 0. The van der Waals surface area contributed by atoms with Crippen LogP contribution in [0, 0.1) is 0 Å². The van der Waals surface area contributed by atoms with Crippen molar-refractivity contribution >= 4 is 22.0 Å². The van der Waals surface area contributed by atoms with Gasteiger partial charge in [-0.05, 0) is 35.9 Å². The number of aromatic nitrogens is 1.